The fraction of sp³-hybridized carbons (Fsp3) is 0.211. The lowest BCUT2D eigenvalue weighted by molar-refractivity contribution is 0.193. The number of nitrogens with zero attached hydrogens (tertiary/aromatic N) is 3. The number of carbonyl (C=O) groups is 1. The summed E-state index contributed by atoms with van der Waals surface area (Å²) >= 11 is 0. The van der Waals surface area contributed by atoms with Gasteiger partial charge in [0.15, 0.2) is 0 Å². The number of amides is 2. The maximum atomic E-state index is 13.3. The third-order valence-corrected chi connectivity index (χ3v) is 4.42. The molecule has 1 atom stereocenters. The molecule has 2 heterocycles. The lowest BCUT2D eigenvalue weighted by Gasteiger charge is -2.22. The van der Waals surface area contributed by atoms with Gasteiger partial charge in [-0.2, -0.15) is 4.98 Å². The van der Waals surface area contributed by atoms with Crippen LogP contribution in [-0.2, 0) is 0 Å². The molecule has 1 fully saturated rings. The number of hydrogen-bond donors (Lipinski definition) is 1. The topological polar surface area (TPSA) is 71.3 Å². The van der Waals surface area contributed by atoms with E-state index in [4.69, 9.17) is 4.52 Å². The molecule has 1 aliphatic rings. The van der Waals surface area contributed by atoms with Gasteiger partial charge in [-0.25, -0.2) is 13.6 Å². The Kier molecular flexibility index (Phi) is 4.53. The normalized spacial score (nSPS) is 16.5. The van der Waals surface area contributed by atoms with E-state index in [2.05, 4.69) is 15.5 Å². The average molecular weight is 370 g/mol. The summed E-state index contributed by atoms with van der Waals surface area (Å²) in [6.45, 7) is 0.528. The van der Waals surface area contributed by atoms with Crippen molar-refractivity contribution in [2.45, 2.75) is 18.9 Å². The number of hydrogen-bond acceptors (Lipinski definition) is 4. The number of likely N-dealkylation sites (tertiary alicyclic amines) is 1. The van der Waals surface area contributed by atoms with Crippen molar-refractivity contribution in [1.82, 2.24) is 15.0 Å². The van der Waals surface area contributed by atoms with Gasteiger partial charge in [-0.1, -0.05) is 11.2 Å². The maximum absolute atomic E-state index is 13.3. The molecular formula is C19H16F2N4O2. The maximum Gasteiger partial charge on any atom is 0.322 e. The van der Waals surface area contributed by atoms with Gasteiger partial charge in [0.1, 0.15) is 17.7 Å². The van der Waals surface area contributed by atoms with Gasteiger partial charge in [0.25, 0.3) is 0 Å². The third kappa shape index (κ3) is 3.64. The second-order valence-electron chi connectivity index (χ2n) is 6.26. The molecule has 138 valence electrons. The Morgan fingerprint density at radius 1 is 1.15 bits per heavy atom. The first-order chi connectivity index (χ1) is 13.1. The molecule has 3 aromatic rings. The van der Waals surface area contributed by atoms with Gasteiger partial charge in [-0.15, -0.1) is 0 Å². The highest BCUT2D eigenvalue weighted by molar-refractivity contribution is 5.89. The predicted molar refractivity (Wildman–Crippen MR) is 93.8 cm³/mol. The fourth-order valence-electron chi connectivity index (χ4n) is 3.11. The number of urea groups is 1. The van der Waals surface area contributed by atoms with E-state index in [1.165, 1.54) is 30.3 Å². The number of anilines is 1. The summed E-state index contributed by atoms with van der Waals surface area (Å²) in [6, 6.07) is 10.8. The number of rotatable bonds is 3. The quantitative estimate of drug-likeness (QED) is 0.743. The van der Waals surface area contributed by atoms with Crippen LogP contribution in [0.2, 0.25) is 0 Å². The van der Waals surface area contributed by atoms with Crippen molar-refractivity contribution in [3.63, 3.8) is 0 Å². The Hall–Kier alpha value is -3.29. The van der Waals surface area contributed by atoms with Crippen LogP contribution in [0.5, 0.6) is 0 Å². The van der Waals surface area contributed by atoms with Gasteiger partial charge >= 0.3 is 6.03 Å². The molecule has 8 heteroatoms. The summed E-state index contributed by atoms with van der Waals surface area (Å²) in [7, 11) is 0. The molecule has 0 aliphatic carbocycles. The number of carbonyl (C=O) groups excluding carboxylic acids is 1. The Balaban J connectivity index is 1.51. The van der Waals surface area contributed by atoms with E-state index in [9.17, 15) is 13.6 Å². The fourth-order valence-corrected chi connectivity index (χ4v) is 3.11. The molecule has 6 nitrogen and oxygen atoms in total. The monoisotopic (exact) mass is 370 g/mol. The molecule has 4 rings (SSSR count). The van der Waals surface area contributed by atoms with Crippen molar-refractivity contribution in [3.05, 3.63) is 66.1 Å². The standard InChI is InChI=1S/C19H16F2N4O2/c20-13-8-6-12(7-9-13)17-23-18(27-24-17)16-5-2-10-25(16)19(26)22-15-4-1-3-14(21)11-15/h1,3-4,6-9,11,16H,2,5,10H2,(H,22,26). The largest absolute Gasteiger partial charge is 0.337 e. The molecule has 2 amide bonds. The van der Waals surface area contributed by atoms with Crippen molar-refractivity contribution in [2.75, 3.05) is 11.9 Å². The number of aromatic nitrogens is 2. The van der Waals surface area contributed by atoms with E-state index in [1.54, 1.807) is 23.1 Å². The summed E-state index contributed by atoms with van der Waals surface area (Å²) in [5, 5.41) is 6.62. The minimum absolute atomic E-state index is 0.321. The Morgan fingerprint density at radius 3 is 2.74 bits per heavy atom. The predicted octanol–water partition coefficient (Wildman–Crippen LogP) is 4.38. The van der Waals surface area contributed by atoms with Crippen molar-refractivity contribution in [2.24, 2.45) is 0 Å². The first kappa shape index (κ1) is 17.1. The second kappa shape index (κ2) is 7.14. The van der Waals surface area contributed by atoms with E-state index in [0.29, 0.717) is 35.9 Å². The zero-order valence-corrected chi connectivity index (χ0v) is 14.2. The summed E-state index contributed by atoms with van der Waals surface area (Å²) in [5.74, 6) is -0.117. The van der Waals surface area contributed by atoms with Gasteiger partial charge in [0.2, 0.25) is 11.7 Å². The van der Waals surface area contributed by atoms with Crippen molar-refractivity contribution < 1.29 is 18.1 Å². The Morgan fingerprint density at radius 2 is 1.96 bits per heavy atom. The van der Waals surface area contributed by atoms with Crippen LogP contribution in [-0.4, -0.2) is 27.6 Å². The molecule has 1 saturated heterocycles. The molecular weight excluding hydrogens is 354 g/mol. The molecule has 0 spiro atoms. The molecule has 27 heavy (non-hydrogen) atoms. The van der Waals surface area contributed by atoms with Gasteiger partial charge in [-0.3, -0.25) is 0 Å². The first-order valence-electron chi connectivity index (χ1n) is 8.53. The minimum Gasteiger partial charge on any atom is -0.337 e. The van der Waals surface area contributed by atoms with Crippen molar-refractivity contribution >= 4 is 11.7 Å². The van der Waals surface area contributed by atoms with Crippen LogP contribution in [0.15, 0.2) is 53.1 Å². The molecule has 1 aliphatic heterocycles. The highest BCUT2D eigenvalue weighted by Gasteiger charge is 2.34. The molecule has 1 aromatic heterocycles. The molecule has 2 aromatic carbocycles. The Bertz CT molecular complexity index is 958. The summed E-state index contributed by atoms with van der Waals surface area (Å²) in [5.41, 5.74) is 1.00. The molecule has 0 bridgehead atoms. The van der Waals surface area contributed by atoms with Crippen molar-refractivity contribution in [3.8, 4) is 11.4 Å². The van der Waals surface area contributed by atoms with Crippen LogP contribution in [0.1, 0.15) is 24.8 Å². The molecule has 0 radical (unpaired) electrons. The lowest BCUT2D eigenvalue weighted by atomic mass is 10.2. The van der Waals surface area contributed by atoms with Gasteiger partial charge < -0.3 is 14.7 Å². The van der Waals surface area contributed by atoms with Crippen LogP contribution in [0, 0.1) is 11.6 Å². The highest BCUT2D eigenvalue weighted by Crippen LogP contribution is 2.32. The molecule has 1 N–H and O–H groups in total. The average Bonchev–Trinajstić information content (AvgIpc) is 3.31. The SMILES string of the molecule is O=C(Nc1cccc(F)c1)N1CCCC1c1nc(-c2ccc(F)cc2)no1. The van der Waals surface area contributed by atoms with Crippen LogP contribution < -0.4 is 5.32 Å². The Labute approximate surface area is 153 Å². The van der Waals surface area contributed by atoms with Gasteiger partial charge in [-0.05, 0) is 55.3 Å². The van der Waals surface area contributed by atoms with Crippen molar-refractivity contribution in [1.29, 1.82) is 0 Å². The number of nitrogens with one attached hydrogen (secondary N) is 1. The smallest absolute Gasteiger partial charge is 0.322 e. The van der Waals surface area contributed by atoms with Crippen LogP contribution in [0.25, 0.3) is 11.4 Å². The van der Waals surface area contributed by atoms with E-state index in [0.717, 1.165) is 6.42 Å². The minimum atomic E-state index is -0.424. The second-order valence-corrected chi connectivity index (χ2v) is 6.26. The zero-order chi connectivity index (χ0) is 18.8. The van der Waals surface area contributed by atoms with E-state index in [-0.39, 0.29) is 17.9 Å². The van der Waals surface area contributed by atoms with Crippen LogP contribution in [0.4, 0.5) is 19.3 Å². The molecule has 1 unspecified atom stereocenters. The van der Waals surface area contributed by atoms with E-state index in [1.807, 2.05) is 0 Å². The number of benzene rings is 2. The lowest BCUT2D eigenvalue weighted by Crippen LogP contribution is -2.34. The number of halogens is 2. The van der Waals surface area contributed by atoms with Crippen LogP contribution in [0.3, 0.4) is 0 Å². The van der Waals surface area contributed by atoms with Crippen LogP contribution >= 0.6 is 0 Å². The highest BCUT2D eigenvalue weighted by atomic mass is 19.1. The first-order valence-corrected chi connectivity index (χ1v) is 8.53. The van der Waals surface area contributed by atoms with Gasteiger partial charge in [0, 0.05) is 17.8 Å². The van der Waals surface area contributed by atoms with Gasteiger partial charge in [0.05, 0.1) is 0 Å². The zero-order valence-electron chi connectivity index (χ0n) is 14.2. The van der Waals surface area contributed by atoms with E-state index < -0.39 is 5.82 Å². The summed E-state index contributed by atoms with van der Waals surface area (Å²) in [4.78, 5) is 18.5. The summed E-state index contributed by atoms with van der Waals surface area (Å²) < 4.78 is 31.7. The molecule has 0 saturated carbocycles. The van der Waals surface area contributed by atoms with E-state index >= 15 is 0 Å². The summed E-state index contributed by atoms with van der Waals surface area (Å²) in [6.07, 6.45) is 1.47. The third-order valence-electron chi connectivity index (χ3n) is 4.42.